The van der Waals surface area contributed by atoms with Gasteiger partial charge in [0.15, 0.2) is 0 Å². The summed E-state index contributed by atoms with van der Waals surface area (Å²) in [6, 6.07) is 26.0. The van der Waals surface area contributed by atoms with Crippen molar-refractivity contribution in [1.29, 1.82) is 5.26 Å². The van der Waals surface area contributed by atoms with E-state index in [0.717, 1.165) is 16.9 Å². The Morgan fingerprint density at radius 2 is 1.61 bits per heavy atom. The highest BCUT2D eigenvalue weighted by molar-refractivity contribution is 6.92. The van der Waals surface area contributed by atoms with E-state index in [1.54, 1.807) is 0 Å². The van der Waals surface area contributed by atoms with Crippen molar-refractivity contribution >= 4 is 29.0 Å². The van der Waals surface area contributed by atoms with E-state index in [-0.39, 0.29) is 6.04 Å². The summed E-state index contributed by atoms with van der Waals surface area (Å²) in [4.78, 5) is 2.38. The molecule has 2 heterocycles. The van der Waals surface area contributed by atoms with Crippen LogP contribution in [0.25, 0.3) is 11.1 Å². The number of fused-ring (bicyclic) bond motifs is 5. The van der Waals surface area contributed by atoms with Crippen molar-refractivity contribution in [2.75, 3.05) is 4.90 Å². The van der Waals surface area contributed by atoms with Crippen LogP contribution in [-0.4, -0.2) is 12.8 Å². The lowest BCUT2D eigenvalue weighted by Crippen LogP contribution is -2.56. The number of anilines is 2. The molecule has 0 saturated carbocycles. The van der Waals surface area contributed by atoms with Crippen LogP contribution >= 0.6 is 0 Å². The molecule has 0 radical (unpaired) electrons. The highest BCUT2D eigenvalue weighted by atomic mass is 15.2. The maximum atomic E-state index is 9.96. The largest absolute Gasteiger partial charge is 0.334 e. The predicted octanol–water partition coefficient (Wildman–Crippen LogP) is 4.16. The summed E-state index contributed by atoms with van der Waals surface area (Å²) in [6.07, 6.45) is 8.94. The van der Waals surface area contributed by atoms with Crippen molar-refractivity contribution in [3.05, 3.63) is 96.6 Å². The summed E-state index contributed by atoms with van der Waals surface area (Å²) in [7, 11) is 0. The minimum Gasteiger partial charge on any atom is -0.334 e. The Kier molecular flexibility index (Phi) is 3.19. The first kappa shape index (κ1) is 15.5. The van der Waals surface area contributed by atoms with Crippen LogP contribution in [0.15, 0.2) is 91.0 Å². The molecule has 0 fully saturated rings. The molecule has 6 rings (SSSR count). The van der Waals surface area contributed by atoms with E-state index in [4.69, 9.17) is 0 Å². The Labute approximate surface area is 165 Å². The molecule has 0 amide bonds. The van der Waals surface area contributed by atoms with Gasteiger partial charge in [-0.25, -0.2) is 0 Å². The van der Waals surface area contributed by atoms with E-state index in [2.05, 4.69) is 89.9 Å². The number of para-hydroxylation sites is 1. The molecule has 2 atom stereocenters. The van der Waals surface area contributed by atoms with Crippen LogP contribution in [0, 0.1) is 11.3 Å². The zero-order chi connectivity index (χ0) is 18.7. The topological polar surface area (TPSA) is 27.0 Å². The second kappa shape index (κ2) is 5.74. The molecule has 130 valence electrons. The Balaban J connectivity index is 1.73. The predicted molar refractivity (Wildman–Crippen MR) is 116 cm³/mol. The molecular formula is C25H17BN2. The average molecular weight is 356 g/mol. The maximum absolute atomic E-state index is 9.96. The fraction of sp³-hybridized carbons (Fsp3) is 0.0800. The monoisotopic (exact) mass is 356 g/mol. The van der Waals surface area contributed by atoms with Crippen LogP contribution in [0.4, 0.5) is 11.4 Å². The van der Waals surface area contributed by atoms with Crippen molar-refractivity contribution in [1.82, 2.24) is 0 Å². The van der Waals surface area contributed by atoms with Crippen LogP contribution in [0.5, 0.6) is 0 Å². The number of nitrogens with zero attached hydrogens (tertiary/aromatic N) is 2. The zero-order valence-corrected chi connectivity index (χ0v) is 15.3. The van der Waals surface area contributed by atoms with E-state index < -0.39 is 0 Å². The van der Waals surface area contributed by atoms with Gasteiger partial charge < -0.3 is 4.90 Å². The summed E-state index contributed by atoms with van der Waals surface area (Å²) in [6.45, 7) is 0.292. The molecule has 0 aromatic heterocycles. The number of rotatable bonds is 1. The van der Waals surface area contributed by atoms with Gasteiger partial charge >= 0.3 is 0 Å². The van der Waals surface area contributed by atoms with Gasteiger partial charge in [-0.2, -0.15) is 5.26 Å². The lowest BCUT2D eigenvalue weighted by Gasteiger charge is -2.45. The summed E-state index contributed by atoms with van der Waals surface area (Å²) in [5.74, 6) is 0.342. The van der Waals surface area contributed by atoms with Crippen molar-refractivity contribution < 1.29 is 0 Å². The third-order valence-corrected chi connectivity index (χ3v) is 6.34. The smallest absolute Gasteiger partial charge is 0.222 e. The molecule has 2 nitrogen and oxygen atoms in total. The summed E-state index contributed by atoms with van der Waals surface area (Å²) < 4.78 is 0. The Morgan fingerprint density at radius 3 is 2.46 bits per heavy atom. The molecule has 1 unspecified atom stereocenters. The van der Waals surface area contributed by atoms with E-state index in [0.29, 0.717) is 12.5 Å². The molecule has 3 aromatic carbocycles. The standard InChI is InChI=1S/C25H17BN2/c27-16-17-14-15-20-19-10-4-5-11-21(19)26-22-12-6-7-13-23(22)28(25(17)24(20)26)18-8-2-1-3-9-18/h1-15,22-23H/t22?,23-/m1/s1. The third-order valence-electron chi connectivity index (χ3n) is 6.34. The van der Waals surface area contributed by atoms with Crippen molar-refractivity contribution in [2.24, 2.45) is 0 Å². The lowest BCUT2D eigenvalue weighted by atomic mass is 9.32. The first-order chi connectivity index (χ1) is 13.9. The van der Waals surface area contributed by atoms with Crippen LogP contribution in [0.2, 0.25) is 5.82 Å². The Morgan fingerprint density at radius 1 is 0.821 bits per heavy atom. The van der Waals surface area contributed by atoms with Gasteiger partial charge in [0.25, 0.3) is 0 Å². The second-order valence-electron chi connectivity index (χ2n) is 7.64. The molecule has 3 heteroatoms. The quantitative estimate of drug-likeness (QED) is 0.612. The molecule has 0 bridgehead atoms. The van der Waals surface area contributed by atoms with Gasteiger partial charge in [-0.3, -0.25) is 0 Å². The van der Waals surface area contributed by atoms with Crippen LogP contribution < -0.4 is 15.8 Å². The van der Waals surface area contributed by atoms with Crippen LogP contribution in [0.1, 0.15) is 5.56 Å². The maximum Gasteiger partial charge on any atom is 0.222 e. The Bertz CT molecular complexity index is 1200. The lowest BCUT2D eigenvalue weighted by molar-refractivity contribution is 0.766. The first-order valence-electron chi connectivity index (χ1n) is 9.74. The van der Waals surface area contributed by atoms with Gasteiger partial charge in [0.05, 0.1) is 17.3 Å². The first-order valence-corrected chi connectivity index (χ1v) is 9.74. The van der Waals surface area contributed by atoms with E-state index in [1.807, 2.05) is 12.1 Å². The normalized spacial score (nSPS) is 20.4. The van der Waals surface area contributed by atoms with E-state index in [1.165, 1.54) is 22.1 Å². The minimum atomic E-state index is 0.193. The van der Waals surface area contributed by atoms with Gasteiger partial charge in [0.2, 0.25) is 6.71 Å². The van der Waals surface area contributed by atoms with Gasteiger partial charge in [0.1, 0.15) is 6.07 Å². The fourth-order valence-electron chi connectivity index (χ4n) is 5.29. The second-order valence-corrected chi connectivity index (χ2v) is 7.64. The number of hydrogen-bond acceptors (Lipinski definition) is 2. The highest BCUT2D eigenvalue weighted by Gasteiger charge is 2.48. The van der Waals surface area contributed by atoms with Crippen LogP contribution in [-0.2, 0) is 0 Å². The summed E-state index contributed by atoms with van der Waals surface area (Å²) in [5.41, 5.74) is 8.25. The van der Waals surface area contributed by atoms with Gasteiger partial charge in [-0.15, -0.1) is 0 Å². The van der Waals surface area contributed by atoms with Crippen LogP contribution in [0.3, 0.4) is 0 Å². The number of allylic oxidation sites excluding steroid dienone is 2. The van der Waals surface area contributed by atoms with Crippen molar-refractivity contribution in [3.63, 3.8) is 0 Å². The third kappa shape index (κ3) is 1.92. The molecular weight excluding hydrogens is 339 g/mol. The van der Waals surface area contributed by atoms with Gasteiger partial charge in [-0.05, 0) is 40.6 Å². The minimum absolute atomic E-state index is 0.193. The molecule has 0 N–H and O–H groups in total. The molecule has 3 aliphatic rings. The molecule has 3 aromatic rings. The molecule has 1 aliphatic carbocycles. The summed E-state index contributed by atoms with van der Waals surface area (Å²) in [5, 5.41) is 9.96. The van der Waals surface area contributed by atoms with Crippen molar-refractivity contribution in [2.45, 2.75) is 11.9 Å². The van der Waals surface area contributed by atoms with E-state index in [9.17, 15) is 5.26 Å². The summed E-state index contributed by atoms with van der Waals surface area (Å²) >= 11 is 0. The fourth-order valence-corrected chi connectivity index (χ4v) is 5.29. The van der Waals surface area contributed by atoms with Crippen molar-refractivity contribution in [3.8, 4) is 17.2 Å². The van der Waals surface area contributed by atoms with E-state index >= 15 is 0 Å². The highest BCUT2D eigenvalue weighted by Crippen LogP contribution is 2.45. The van der Waals surface area contributed by atoms with Gasteiger partial charge in [-0.1, -0.05) is 78.3 Å². The number of nitriles is 1. The number of benzene rings is 3. The Hall–Kier alpha value is -3.51. The molecule has 28 heavy (non-hydrogen) atoms. The zero-order valence-electron chi connectivity index (χ0n) is 15.3. The average Bonchev–Trinajstić information content (AvgIpc) is 3.10. The number of hydrogen-bond donors (Lipinski definition) is 0. The molecule has 0 spiro atoms. The molecule has 0 saturated heterocycles. The van der Waals surface area contributed by atoms with Gasteiger partial charge in [0, 0.05) is 5.69 Å². The molecule has 2 aliphatic heterocycles. The SMILES string of the molecule is N#Cc1ccc2c3c1N(c1ccccc1)[C@@H]1C=CC=CC1B3c1ccccc1-2.